The van der Waals surface area contributed by atoms with Gasteiger partial charge >= 0.3 is 0 Å². The summed E-state index contributed by atoms with van der Waals surface area (Å²) in [7, 11) is 0. The molecule has 8 heteroatoms. The van der Waals surface area contributed by atoms with Crippen LogP contribution in [0.15, 0.2) is 16.9 Å². The van der Waals surface area contributed by atoms with Gasteiger partial charge in [-0.1, -0.05) is 25.4 Å². The molecule has 0 saturated heterocycles. The quantitative estimate of drug-likeness (QED) is 0.801. The predicted octanol–water partition coefficient (Wildman–Crippen LogP) is 4.51. The fourth-order valence-corrected chi connectivity index (χ4v) is 3.63. The van der Waals surface area contributed by atoms with Crippen molar-refractivity contribution in [2.24, 2.45) is 0 Å². The van der Waals surface area contributed by atoms with Crippen molar-refractivity contribution in [1.29, 1.82) is 0 Å². The number of anilines is 1. The van der Waals surface area contributed by atoms with Crippen LogP contribution in [0, 0.1) is 11.6 Å². The lowest BCUT2D eigenvalue weighted by atomic mass is 10.1. The minimum Gasteiger partial charge on any atom is -0.327 e. The molecule has 0 unspecified atom stereocenters. The van der Waals surface area contributed by atoms with Gasteiger partial charge in [0, 0.05) is 30.0 Å². The highest BCUT2D eigenvalue weighted by Crippen LogP contribution is 2.33. The molecule has 1 N–H and O–H groups in total. The molecule has 0 atom stereocenters. The van der Waals surface area contributed by atoms with Gasteiger partial charge in [0.1, 0.15) is 16.8 Å². The molecule has 130 valence electrons. The number of rotatable bonds is 4. The smallest absolute Gasteiger partial charge is 0.276 e. The Bertz CT molecular complexity index is 832. The highest BCUT2D eigenvalue weighted by Gasteiger charge is 2.25. The second kappa shape index (κ2) is 6.80. The van der Waals surface area contributed by atoms with Crippen LogP contribution in [0.2, 0.25) is 5.15 Å². The summed E-state index contributed by atoms with van der Waals surface area (Å²) in [6, 6.07) is 2.10. The fourth-order valence-electron chi connectivity index (χ4n) is 2.75. The minimum atomic E-state index is -0.796. The number of aromatic nitrogens is 2. The third kappa shape index (κ3) is 3.07. The van der Waals surface area contributed by atoms with E-state index in [1.807, 2.05) is 13.8 Å². The number of nitrogens with one attached hydrogen (secondary N) is 1. The maximum atomic E-state index is 14.3. The zero-order chi connectivity index (χ0) is 17.4. The van der Waals surface area contributed by atoms with Gasteiger partial charge in [0.25, 0.3) is 5.56 Å². The van der Waals surface area contributed by atoms with E-state index in [4.69, 9.17) is 11.6 Å². The van der Waals surface area contributed by atoms with Crippen LogP contribution < -0.4 is 10.3 Å². The zero-order valence-corrected chi connectivity index (χ0v) is 15.0. The van der Waals surface area contributed by atoms with Crippen LogP contribution in [0.5, 0.6) is 0 Å². The van der Waals surface area contributed by atoms with Gasteiger partial charge in [-0.3, -0.25) is 9.48 Å². The molecule has 24 heavy (non-hydrogen) atoms. The first-order valence-electron chi connectivity index (χ1n) is 7.80. The van der Waals surface area contributed by atoms with Gasteiger partial charge < -0.3 is 4.72 Å². The van der Waals surface area contributed by atoms with Crippen molar-refractivity contribution < 1.29 is 8.78 Å². The van der Waals surface area contributed by atoms with E-state index in [1.54, 1.807) is 4.68 Å². The summed E-state index contributed by atoms with van der Waals surface area (Å²) < 4.78 is 34.4. The number of halogens is 3. The van der Waals surface area contributed by atoms with Gasteiger partial charge in [-0.15, -0.1) is 0 Å². The third-order valence-corrected chi connectivity index (χ3v) is 5.09. The van der Waals surface area contributed by atoms with E-state index in [0.29, 0.717) is 13.1 Å². The van der Waals surface area contributed by atoms with Crippen molar-refractivity contribution in [2.75, 3.05) is 4.72 Å². The number of hydrogen-bond donors (Lipinski definition) is 1. The second-order valence-corrected chi connectivity index (χ2v) is 7.75. The molecule has 2 aromatic rings. The molecule has 1 aromatic carbocycles. The van der Waals surface area contributed by atoms with Gasteiger partial charge in [0.2, 0.25) is 0 Å². The SMILES string of the molecule is CC(C)SNc1cc(-c2c(Cl)n3n(c2=O)CCCC3)c(F)cc1F. The molecule has 1 aliphatic heterocycles. The average Bonchev–Trinajstić information content (AvgIpc) is 2.79. The average molecular weight is 374 g/mol. The number of benzene rings is 1. The summed E-state index contributed by atoms with van der Waals surface area (Å²) >= 11 is 7.64. The molecular weight excluding hydrogens is 356 g/mol. The van der Waals surface area contributed by atoms with Crippen molar-refractivity contribution in [3.63, 3.8) is 0 Å². The molecular formula is C16H18ClF2N3OS. The number of fused-ring (bicyclic) bond motifs is 1. The Morgan fingerprint density at radius 3 is 2.46 bits per heavy atom. The van der Waals surface area contributed by atoms with E-state index in [2.05, 4.69) is 4.72 Å². The molecule has 3 rings (SSSR count). The predicted molar refractivity (Wildman–Crippen MR) is 94.6 cm³/mol. The highest BCUT2D eigenvalue weighted by molar-refractivity contribution is 8.01. The van der Waals surface area contributed by atoms with Crippen LogP contribution in [0.3, 0.4) is 0 Å². The van der Waals surface area contributed by atoms with Gasteiger partial charge in [-0.05, 0) is 30.9 Å². The van der Waals surface area contributed by atoms with Crippen LogP contribution in [0.4, 0.5) is 14.5 Å². The Kier molecular flexibility index (Phi) is 4.92. The van der Waals surface area contributed by atoms with Crippen molar-refractivity contribution in [3.8, 4) is 11.1 Å². The Labute approximate surface area is 147 Å². The summed E-state index contributed by atoms with van der Waals surface area (Å²) in [6.45, 7) is 5.07. The summed E-state index contributed by atoms with van der Waals surface area (Å²) in [4.78, 5) is 12.6. The molecule has 0 amide bonds. The molecule has 0 fully saturated rings. The van der Waals surface area contributed by atoms with E-state index in [9.17, 15) is 13.6 Å². The first-order chi connectivity index (χ1) is 11.4. The standard InChI is InChI=1S/C16H18ClF2N3OS/c1-9(2)24-20-13-7-10(11(18)8-12(13)19)14-15(17)21-5-3-4-6-22(21)16(14)23/h7-9,20H,3-6H2,1-2H3. The molecule has 2 heterocycles. The van der Waals surface area contributed by atoms with Crippen LogP contribution in [0.1, 0.15) is 26.7 Å². The van der Waals surface area contributed by atoms with Crippen molar-refractivity contribution in [2.45, 2.75) is 45.0 Å². The largest absolute Gasteiger partial charge is 0.327 e. The van der Waals surface area contributed by atoms with Crippen LogP contribution in [0.25, 0.3) is 11.1 Å². The maximum Gasteiger partial charge on any atom is 0.276 e. The lowest BCUT2D eigenvalue weighted by Gasteiger charge is -2.17. The second-order valence-electron chi connectivity index (χ2n) is 6.00. The van der Waals surface area contributed by atoms with E-state index >= 15 is 0 Å². The fraction of sp³-hybridized carbons (Fsp3) is 0.438. The molecule has 0 bridgehead atoms. The van der Waals surface area contributed by atoms with Crippen LogP contribution >= 0.6 is 23.5 Å². The van der Waals surface area contributed by atoms with E-state index in [1.165, 1.54) is 22.7 Å². The Morgan fingerprint density at radius 2 is 1.83 bits per heavy atom. The Morgan fingerprint density at radius 1 is 1.17 bits per heavy atom. The Balaban J connectivity index is 2.11. The van der Waals surface area contributed by atoms with Crippen molar-refractivity contribution in [1.82, 2.24) is 9.36 Å². The summed E-state index contributed by atoms with van der Waals surface area (Å²) in [5.41, 5.74) is -0.0938. The molecule has 0 saturated carbocycles. The first kappa shape index (κ1) is 17.4. The lowest BCUT2D eigenvalue weighted by molar-refractivity contribution is 0.356. The van der Waals surface area contributed by atoms with Crippen molar-refractivity contribution in [3.05, 3.63) is 39.3 Å². The minimum absolute atomic E-state index is 0.0210. The van der Waals surface area contributed by atoms with Crippen molar-refractivity contribution >= 4 is 29.2 Å². The lowest BCUT2D eigenvalue weighted by Crippen LogP contribution is -2.27. The maximum absolute atomic E-state index is 14.3. The normalized spacial score (nSPS) is 14.1. The number of hydrogen-bond acceptors (Lipinski definition) is 3. The van der Waals surface area contributed by atoms with Gasteiger partial charge in [0.05, 0.1) is 11.3 Å². The zero-order valence-electron chi connectivity index (χ0n) is 13.4. The van der Waals surface area contributed by atoms with E-state index < -0.39 is 11.6 Å². The Hall–Kier alpha value is -1.47. The van der Waals surface area contributed by atoms with E-state index in [-0.39, 0.29) is 32.8 Å². The summed E-state index contributed by atoms with van der Waals surface area (Å²) in [6.07, 6.45) is 1.79. The van der Waals surface area contributed by atoms with Gasteiger partial charge in [-0.25, -0.2) is 13.5 Å². The highest BCUT2D eigenvalue weighted by atomic mass is 35.5. The number of nitrogens with zero attached hydrogens (tertiary/aromatic N) is 2. The molecule has 0 radical (unpaired) electrons. The summed E-state index contributed by atoms with van der Waals surface area (Å²) in [5, 5.41) is 0.418. The van der Waals surface area contributed by atoms with Gasteiger partial charge in [0.15, 0.2) is 0 Å². The molecule has 1 aliphatic rings. The molecule has 4 nitrogen and oxygen atoms in total. The molecule has 0 aliphatic carbocycles. The topological polar surface area (TPSA) is 39.0 Å². The summed E-state index contributed by atoms with van der Waals surface area (Å²) in [5.74, 6) is -1.50. The van der Waals surface area contributed by atoms with E-state index in [0.717, 1.165) is 18.9 Å². The third-order valence-electron chi connectivity index (χ3n) is 3.89. The van der Waals surface area contributed by atoms with Crippen LogP contribution in [-0.2, 0) is 13.1 Å². The first-order valence-corrected chi connectivity index (χ1v) is 9.06. The van der Waals surface area contributed by atoms with Crippen LogP contribution in [-0.4, -0.2) is 14.6 Å². The van der Waals surface area contributed by atoms with Gasteiger partial charge in [-0.2, -0.15) is 0 Å². The molecule has 1 aromatic heterocycles. The molecule has 0 spiro atoms. The monoisotopic (exact) mass is 373 g/mol.